The first kappa shape index (κ1) is 23.0. The van der Waals surface area contributed by atoms with Gasteiger partial charge in [0.15, 0.2) is 0 Å². The van der Waals surface area contributed by atoms with Crippen molar-refractivity contribution in [2.24, 2.45) is 0 Å². The van der Waals surface area contributed by atoms with E-state index < -0.39 is 23.5 Å². The van der Waals surface area contributed by atoms with Gasteiger partial charge in [0.25, 0.3) is 5.60 Å². The van der Waals surface area contributed by atoms with Gasteiger partial charge in [-0.15, -0.1) is 0 Å². The Hall–Kier alpha value is -2.72. The van der Waals surface area contributed by atoms with Gasteiger partial charge < -0.3 is 14.3 Å². The predicted octanol–water partition coefficient (Wildman–Crippen LogP) is 6.19. The summed E-state index contributed by atoms with van der Waals surface area (Å²) in [6, 6.07) is 9.78. The van der Waals surface area contributed by atoms with Crippen LogP contribution in [0.1, 0.15) is 17.0 Å². The lowest BCUT2D eigenvalue weighted by Crippen LogP contribution is -2.53. The number of aromatic nitrogens is 1. The summed E-state index contributed by atoms with van der Waals surface area (Å²) in [4.78, 5) is 4.22. The quantitative estimate of drug-likeness (QED) is 0.456. The first-order chi connectivity index (χ1) is 14.3. The minimum atomic E-state index is -5.99. The van der Waals surface area contributed by atoms with Crippen LogP contribution in [0.5, 0.6) is 5.75 Å². The van der Waals surface area contributed by atoms with E-state index in [0.717, 1.165) is 12.1 Å². The van der Waals surface area contributed by atoms with Gasteiger partial charge in [0.05, 0.1) is 10.6 Å². The van der Waals surface area contributed by atoms with Crippen molar-refractivity contribution in [3.8, 4) is 17.2 Å². The maximum atomic E-state index is 13.1. The molecule has 2 aromatic carbocycles. The fourth-order valence-electron chi connectivity index (χ4n) is 2.76. The number of aryl methyl sites for hydroxylation is 1. The number of rotatable bonds is 5. The maximum absolute atomic E-state index is 13.1. The minimum absolute atomic E-state index is 0.180. The zero-order valence-corrected chi connectivity index (χ0v) is 16.4. The van der Waals surface area contributed by atoms with Crippen molar-refractivity contribution in [1.82, 2.24) is 4.98 Å². The molecule has 0 aliphatic carbocycles. The Balaban J connectivity index is 1.85. The van der Waals surface area contributed by atoms with E-state index in [9.17, 15) is 31.4 Å². The van der Waals surface area contributed by atoms with E-state index in [2.05, 4.69) is 4.98 Å². The van der Waals surface area contributed by atoms with Gasteiger partial charge >= 0.3 is 12.4 Å². The molecular formula is C20H14ClF6NO3. The molecule has 0 radical (unpaired) electrons. The SMILES string of the molecule is Cc1oc(-c2ccccc2Cl)nc1COc1cccc(C(O)(C(F)(F)F)C(F)(F)F)c1. The molecule has 3 aromatic rings. The van der Waals surface area contributed by atoms with Gasteiger partial charge in [0, 0.05) is 5.56 Å². The first-order valence-electron chi connectivity index (χ1n) is 8.65. The summed E-state index contributed by atoms with van der Waals surface area (Å²) in [5.74, 6) is 0.179. The molecule has 0 fully saturated rings. The molecule has 1 aromatic heterocycles. The van der Waals surface area contributed by atoms with Crippen molar-refractivity contribution >= 4 is 11.6 Å². The van der Waals surface area contributed by atoms with Crippen LogP contribution < -0.4 is 4.74 Å². The second kappa shape index (κ2) is 8.08. The number of aliphatic hydroxyl groups is 1. The second-order valence-electron chi connectivity index (χ2n) is 6.52. The first-order valence-corrected chi connectivity index (χ1v) is 9.02. The van der Waals surface area contributed by atoms with Crippen molar-refractivity contribution in [1.29, 1.82) is 0 Å². The average Bonchev–Trinajstić information content (AvgIpc) is 3.05. The van der Waals surface area contributed by atoms with Crippen LogP contribution in [0.4, 0.5) is 26.3 Å². The molecule has 31 heavy (non-hydrogen) atoms. The number of alkyl halides is 6. The largest absolute Gasteiger partial charge is 0.487 e. The van der Waals surface area contributed by atoms with Crippen molar-refractivity contribution in [3.05, 3.63) is 70.6 Å². The molecule has 0 saturated carbocycles. The third kappa shape index (κ3) is 4.35. The van der Waals surface area contributed by atoms with Gasteiger partial charge in [-0.2, -0.15) is 26.3 Å². The van der Waals surface area contributed by atoms with Gasteiger partial charge in [-0.05, 0) is 31.2 Å². The number of nitrogens with zero attached hydrogens (tertiary/aromatic N) is 1. The van der Waals surface area contributed by atoms with Crippen LogP contribution in [0.3, 0.4) is 0 Å². The summed E-state index contributed by atoms with van der Waals surface area (Å²) < 4.78 is 89.3. The molecule has 11 heteroatoms. The molecule has 0 aliphatic rings. The lowest BCUT2D eigenvalue weighted by atomic mass is 9.92. The summed E-state index contributed by atoms with van der Waals surface area (Å²) in [5, 5.41) is 9.90. The lowest BCUT2D eigenvalue weighted by Gasteiger charge is -2.32. The Labute approximate surface area is 177 Å². The third-order valence-electron chi connectivity index (χ3n) is 4.44. The highest BCUT2D eigenvalue weighted by Gasteiger charge is 2.71. The van der Waals surface area contributed by atoms with Crippen LogP contribution in [0.25, 0.3) is 11.5 Å². The van der Waals surface area contributed by atoms with E-state index in [1.807, 2.05) is 0 Å². The molecule has 1 heterocycles. The number of hydrogen-bond donors (Lipinski definition) is 1. The van der Waals surface area contributed by atoms with E-state index >= 15 is 0 Å². The molecule has 0 saturated heterocycles. The molecule has 3 rings (SSSR count). The Morgan fingerprint density at radius 3 is 2.26 bits per heavy atom. The number of benzene rings is 2. The van der Waals surface area contributed by atoms with Crippen molar-refractivity contribution < 1.29 is 40.6 Å². The molecule has 0 unspecified atom stereocenters. The Bertz CT molecular complexity index is 1060. The Morgan fingerprint density at radius 2 is 1.65 bits per heavy atom. The molecule has 1 N–H and O–H groups in total. The summed E-state index contributed by atoms with van der Waals surface area (Å²) in [5.41, 5.74) is -5.69. The summed E-state index contributed by atoms with van der Waals surface area (Å²) in [6.07, 6.45) is -12.0. The molecule has 0 aliphatic heterocycles. The van der Waals surface area contributed by atoms with Gasteiger partial charge in [0.2, 0.25) is 5.89 Å². The highest BCUT2D eigenvalue weighted by Crippen LogP contribution is 2.50. The number of ether oxygens (including phenoxy) is 1. The summed E-state index contributed by atoms with van der Waals surface area (Å²) in [6.45, 7) is 1.26. The van der Waals surface area contributed by atoms with E-state index in [1.54, 1.807) is 31.2 Å². The van der Waals surface area contributed by atoms with Crippen molar-refractivity contribution in [2.45, 2.75) is 31.5 Å². The predicted molar refractivity (Wildman–Crippen MR) is 98.5 cm³/mol. The second-order valence-corrected chi connectivity index (χ2v) is 6.93. The fourth-order valence-corrected chi connectivity index (χ4v) is 2.98. The van der Waals surface area contributed by atoms with Gasteiger partial charge in [-0.25, -0.2) is 4.98 Å². The molecule has 0 spiro atoms. The molecule has 0 atom stereocenters. The Kier molecular flexibility index (Phi) is 5.98. The fraction of sp³-hybridized carbons (Fsp3) is 0.250. The van der Waals surface area contributed by atoms with E-state index in [4.69, 9.17) is 20.8 Å². The van der Waals surface area contributed by atoms with E-state index in [0.29, 0.717) is 28.5 Å². The van der Waals surface area contributed by atoms with E-state index in [-0.39, 0.29) is 23.9 Å². The molecular weight excluding hydrogens is 452 g/mol. The topological polar surface area (TPSA) is 55.5 Å². The third-order valence-corrected chi connectivity index (χ3v) is 4.77. The molecule has 0 amide bonds. The standard InChI is InChI=1S/C20H14ClF6NO3/c1-11-16(28-17(31-11)14-7-2-3-8-15(14)21)10-30-13-6-4-5-12(9-13)18(29,19(22,23)24)20(25,26)27/h2-9,29H,10H2,1H3. The molecule has 166 valence electrons. The van der Waals surface area contributed by atoms with Crippen LogP contribution in [-0.4, -0.2) is 22.4 Å². The zero-order chi connectivity index (χ0) is 23.0. The average molecular weight is 466 g/mol. The van der Waals surface area contributed by atoms with Crippen LogP contribution in [0.2, 0.25) is 5.02 Å². The number of hydrogen-bond acceptors (Lipinski definition) is 4. The van der Waals surface area contributed by atoms with Gasteiger partial charge in [-0.3, -0.25) is 0 Å². The van der Waals surface area contributed by atoms with Crippen LogP contribution in [0, 0.1) is 6.92 Å². The van der Waals surface area contributed by atoms with Crippen LogP contribution in [0.15, 0.2) is 52.9 Å². The maximum Gasteiger partial charge on any atom is 0.430 e. The number of halogens is 7. The summed E-state index contributed by atoms with van der Waals surface area (Å²) >= 11 is 6.09. The van der Waals surface area contributed by atoms with Crippen molar-refractivity contribution in [2.75, 3.05) is 0 Å². The normalized spacial score (nSPS) is 12.8. The van der Waals surface area contributed by atoms with Crippen molar-refractivity contribution in [3.63, 3.8) is 0 Å². The highest BCUT2D eigenvalue weighted by atomic mass is 35.5. The van der Waals surface area contributed by atoms with Gasteiger partial charge in [-0.1, -0.05) is 35.9 Å². The smallest absolute Gasteiger partial charge is 0.430 e. The zero-order valence-electron chi connectivity index (χ0n) is 15.7. The Morgan fingerprint density at radius 1 is 1.00 bits per heavy atom. The monoisotopic (exact) mass is 465 g/mol. The highest BCUT2D eigenvalue weighted by molar-refractivity contribution is 6.33. The lowest BCUT2D eigenvalue weighted by molar-refractivity contribution is -0.376. The van der Waals surface area contributed by atoms with Crippen LogP contribution >= 0.6 is 11.6 Å². The van der Waals surface area contributed by atoms with E-state index in [1.165, 1.54) is 0 Å². The van der Waals surface area contributed by atoms with Crippen LogP contribution in [-0.2, 0) is 12.2 Å². The molecule has 0 bridgehead atoms. The minimum Gasteiger partial charge on any atom is -0.487 e. The van der Waals surface area contributed by atoms with Gasteiger partial charge in [0.1, 0.15) is 23.8 Å². The number of oxazole rings is 1. The molecule has 4 nitrogen and oxygen atoms in total. The summed E-state index contributed by atoms with van der Waals surface area (Å²) in [7, 11) is 0.